The molecule has 28 heavy (non-hydrogen) atoms. The van der Waals surface area contributed by atoms with Crippen LogP contribution in [0.4, 0.5) is 0 Å². The molecule has 0 aromatic heterocycles. The van der Waals surface area contributed by atoms with Gasteiger partial charge in [-0.25, -0.2) is 0 Å². The molecule has 1 spiro atoms. The summed E-state index contributed by atoms with van der Waals surface area (Å²) in [4.78, 5) is 25.8. The van der Waals surface area contributed by atoms with Crippen LogP contribution >= 0.6 is 0 Å². The summed E-state index contributed by atoms with van der Waals surface area (Å²) in [5.41, 5.74) is -0.620. The Hall–Kier alpha value is -0.780. The van der Waals surface area contributed by atoms with Crippen LogP contribution < -0.4 is 0 Å². The van der Waals surface area contributed by atoms with E-state index in [0.29, 0.717) is 37.9 Å². The monoisotopic (exact) mass is 390 g/mol. The van der Waals surface area contributed by atoms with Crippen molar-refractivity contribution in [3.63, 3.8) is 0 Å². The van der Waals surface area contributed by atoms with E-state index < -0.39 is 17.3 Å². The number of Topliss-reactive ketones (excluding diaryl/α,β-unsaturated/α-hetero) is 2. The summed E-state index contributed by atoms with van der Waals surface area (Å²) >= 11 is 0. The van der Waals surface area contributed by atoms with Crippen molar-refractivity contribution in [2.24, 2.45) is 40.4 Å². The zero-order valence-electron chi connectivity index (χ0n) is 17.4. The van der Waals surface area contributed by atoms with E-state index in [1.54, 1.807) is 6.92 Å². The van der Waals surface area contributed by atoms with Crippen molar-refractivity contribution in [3.8, 4) is 0 Å². The van der Waals surface area contributed by atoms with Gasteiger partial charge in [-0.2, -0.15) is 0 Å². The van der Waals surface area contributed by atoms with E-state index in [1.807, 2.05) is 0 Å². The molecule has 5 heteroatoms. The van der Waals surface area contributed by atoms with Crippen LogP contribution in [-0.2, 0) is 19.1 Å². The van der Waals surface area contributed by atoms with Gasteiger partial charge in [0.2, 0.25) is 0 Å². The van der Waals surface area contributed by atoms with E-state index in [9.17, 15) is 14.7 Å². The smallest absolute Gasteiger partial charge is 0.175 e. The number of carbonyl (C=O) groups is 2. The normalized spacial score (nSPS) is 52.2. The van der Waals surface area contributed by atoms with E-state index in [-0.39, 0.29) is 34.7 Å². The van der Waals surface area contributed by atoms with Crippen molar-refractivity contribution in [1.82, 2.24) is 0 Å². The Morgan fingerprint density at radius 2 is 1.79 bits per heavy atom. The van der Waals surface area contributed by atoms with Crippen LogP contribution in [0.15, 0.2) is 0 Å². The molecular weight excluding hydrogens is 356 g/mol. The number of rotatable bonds is 1. The summed E-state index contributed by atoms with van der Waals surface area (Å²) in [7, 11) is 0. The molecule has 5 aliphatic rings. The molecule has 4 saturated carbocycles. The number of ketones is 2. The molecule has 5 fully saturated rings. The summed E-state index contributed by atoms with van der Waals surface area (Å²) in [5.74, 6) is 0.807. The largest absolute Gasteiger partial charge is 0.393 e. The number of ether oxygens (including phenoxy) is 2. The average Bonchev–Trinajstić information content (AvgIpc) is 3.20. The van der Waals surface area contributed by atoms with Crippen molar-refractivity contribution in [3.05, 3.63) is 0 Å². The first kappa shape index (κ1) is 19.2. The molecule has 0 unspecified atom stereocenters. The number of aliphatic hydroxyl groups excluding tert-OH is 1. The topological polar surface area (TPSA) is 72.8 Å². The van der Waals surface area contributed by atoms with Gasteiger partial charge in [0.05, 0.1) is 25.7 Å². The van der Waals surface area contributed by atoms with Gasteiger partial charge in [0.25, 0.3) is 0 Å². The van der Waals surface area contributed by atoms with E-state index in [4.69, 9.17) is 9.47 Å². The minimum absolute atomic E-state index is 0.00119. The molecule has 8 atom stereocenters. The van der Waals surface area contributed by atoms with Crippen LogP contribution in [-0.4, -0.2) is 41.8 Å². The lowest BCUT2D eigenvalue weighted by atomic mass is 9.43. The van der Waals surface area contributed by atoms with Crippen LogP contribution in [0.2, 0.25) is 0 Å². The number of carbonyl (C=O) groups excluding carboxylic acids is 2. The molecule has 0 aromatic carbocycles. The predicted octanol–water partition coefficient (Wildman–Crippen LogP) is 3.13. The SMILES string of the molecule is CC(=O)[C@@H]1CC[C@@H]2[C@@H]3CC[C@@H]4CC5(CC(=O)[C@]4(C)[C@H]3[C@H](O)C[C@@]21C)OCCO5. The predicted molar refractivity (Wildman–Crippen MR) is 102 cm³/mol. The molecule has 156 valence electrons. The van der Waals surface area contributed by atoms with Gasteiger partial charge < -0.3 is 14.6 Å². The van der Waals surface area contributed by atoms with Gasteiger partial charge in [-0.1, -0.05) is 13.8 Å². The number of hydrogen-bond donors (Lipinski definition) is 1. The summed E-state index contributed by atoms with van der Waals surface area (Å²) in [6, 6.07) is 0. The minimum atomic E-state index is -0.713. The Kier molecular flexibility index (Phi) is 4.19. The zero-order chi connectivity index (χ0) is 19.9. The van der Waals surface area contributed by atoms with Gasteiger partial charge in [0.1, 0.15) is 11.6 Å². The number of fused-ring (bicyclic) bond motifs is 5. The summed E-state index contributed by atoms with van der Waals surface area (Å²) in [6.45, 7) is 7.18. The number of hydrogen-bond acceptors (Lipinski definition) is 5. The summed E-state index contributed by atoms with van der Waals surface area (Å²) < 4.78 is 11.8. The Morgan fingerprint density at radius 3 is 2.46 bits per heavy atom. The van der Waals surface area contributed by atoms with Gasteiger partial charge in [0.15, 0.2) is 5.79 Å². The first-order valence-electron chi connectivity index (χ1n) is 11.2. The second-order valence-corrected chi connectivity index (χ2v) is 10.8. The lowest BCUT2D eigenvalue weighted by Crippen LogP contribution is -2.64. The molecule has 0 amide bonds. The van der Waals surface area contributed by atoms with Crippen molar-refractivity contribution >= 4 is 11.6 Å². The fourth-order valence-corrected chi connectivity index (χ4v) is 8.56. The third-order valence-electron chi connectivity index (χ3n) is 9.73. The van der Waals surface area contributed by atoms with Crippen LogP contribution in [0.1, 0.15) is 65.7 Å². The molecule has 1 N–H and O–H groups in total. The molecule has 0 aromatic rings. The van der Waals surface area contributed by atoms with Crippen molar-refractivity contribution in [2.75, 3.05) is 13.2 Å². The van der Waals surface area contributed by atoms with E-state index in [0.717, 1.165) is 32.1 Å². The standard InChI is InChI=1S/C23H34O5/c1-13(24)16-6-7-17-15-5-4-14-10-23(27-8-9-28-23)12-19(26)22(14,3)20(15)18(25)11-21(16,17)2/h14-18,20,25H,4-12H2,1-3H3/t14-,15+,16+,17-,18-,20-,21-,22-/m1/s1. The maximum Gasteiger partial charge on any atom is 0.175 e. The van der Waals surface area contributed by atoms with Crippen LogP contribution in [0.3, 0.4) is 0 Å². The first-order valence-corrected chi connectivity index (χ1v) is 11.2. The third-order valence-corrected chi connectivity index (χ3v) is 9.73. The van der Waals surface area contributed by atoms with Crippen molar-refractivity contribution < 1.29 is 24.2 Å². The van der Waals surface area contributed by atoms with Gasteiger partial charge in [-0.15, -0.1) is 0 Å². The fourth-order valence-electron chi connectivity index (χ4n) is 8.56. The molecule has 1 aliphatic heterocycles. The molecule has 5 rings (SSSR count). The minimum Gasteiger partial charge on any atom is -0.393 e. The maximum atomic E-state index is 13.5. The second kappa shape index (κ2) is 6.12. The Bertz CT molecular complexity index is 697. The highest BCUT2D eigenvalue weighted by molar-refractivity contribution is 5.87. The molecule has 0 bridgehead atoms. The van der Waals surface area contributed by atoms with E-state index >= 15 is 0 Å². The highest BCUT2D eigenvalue weighted by Crippen LogP contribution is 2.67. The van der Waals surface area contributed by atoms with E-state index in [1.165, 1.54) is 0 Å². The Labute approximate surface area is 167 Å². The summed E-state index contributed by atoms with van der Waals surface area (Å²) in [6.07, 6.45) is 5.24. The fraction of sp³-hybridized carbons (Fsp3) is 0.913. The van der Waals surface area contributed by atoms with Gasteiger partial charge in [0, 0.05) is 23.7 Å². The third kappa shape index (κ3) is 2.36. The van der Waals surface area contributed by atoms with Gasteiger partial charge >= 0.3 is 0 Å². The highest BCUT2D eigenvalue weighted by atomic mass is 16.7. The zero-order valence-corrected chi connectivity index (χ0v) is 17.4. The summed E-state index contributed by atoms with van der Waals surface area (Å²) in [5, 5.41) is 11.4. The lowest BCUT2D eigenvalue weighted by molar-refractivity contribution is -0.231. The van der Waals surface area contributed by atoms with Crippen molar-refractivity contribution in [1.29, 1.82) is 0 Å². The average molecular weight is 391 g/mol. The highest BCUT2D eigenvalue weighted by Gasteiger charge is 2.67. The maximum absolute atomic E-state index is 13.5. The van der Waals surface area contributed by atoms with Crippen LogP contribution in [0.5, 0.6) is 0 Å². The quantitative estimate of drug-likeness (QED) is 0.745. The van der Waals surface area contributed by atoms with Crippen molar-refractivity contribution in [2.45, 2.75) is 77.6 Å². The van der Waals surface area contributed by atoms with E-state index in [2.05, 4.69) is 13.8 Å². The number of aliphatic hydroxyl groups is 1. The van der Waals surface area contributed by atoms with Gasteiger partial charge in [-0.05, 0) is 62.2 Å². The first-order chi connectivity index (χ1) is 13.2. The second-order valence-electron chi connectivity index (χ2n) is 10.8. The molecule has 1 saturated heterocycles. The van der Waals surface area contributed by atoms with Gasteiger partial charge in [-0.3, -0.25) is 9.59 Å². The van der Waals surface area contributed by atoms with Crippen LogP contribution in [0, 0.1) is 40.4 Å². The Balaban J connectivity index is 1.49. The molecule has 4 aliphatic carbocycles. The lowest BCUT2D eigenvalue weighted by Gasteiger charge is -2.62. The molecule has 1 heterocycles. The molecular formula is C23H34O5. The molecule has 0 radical (unpaired) electrons. The Morgan fingerprint density at radius 1 is 1.07 bits per heavy atom. The van der Waals surface area contributed by atoms with Crippen LogP contribution in [0.25, 0.3) is 0 Å². The molecule has 5 nitrogen and oxygen atoms in total.